The smallest absolute Gasteiger partial charge is 0.367 e. The van der Waals surface area contributed by atoms with E-state index in [1.54, 1.807) is 25.1 Å². The van der Waals surface area contributed by atoms with E-state index in [-0.39, 0.29) is 0 Å². The molecule has 0 spiro atoms. The Morgan fingerprint density at radius 2 is 2.20 bits per heavy atom. The molecule has 0 saturated heterocycles. The predicted molar refractivity (Wildman–Crippen MR) is 76.4 cm³/mol. The van der Waals surface area contributed by atoms with Gasteiger partial charge in [0, 0.05) is 0 Å². The van der Waals surface area contributed by atoms with Crippen LogP contribution in [0.15, 0.2) is 22.9 Å². The molecular weight excluding hydrogens is 282 g/mol. The molecular formula is C14H14ClNO4. The summed E-state index contributed by atoms with van der Waals surface area (Å²) in [5.74, 6) is 0.512. The summed E-state index contributed by atoms with van der Waals surface area (Å²) in [6.45, 7) is 4.05. The van der Waals surface area contributed by atoms with Crippen molar-refractivity contribution in [3.63, 3.8) is 0 Å². The summed E-state index contributed by atoms with van der Waals surface area (Å²) in [5, 5.41) is 4.03. The number of methoxy groups -OCH3 is 1. The van der Waals surface area contributed by atoms with Crippen molar-refractivity contribution in [3.8, 4) is 11.5 Å². The zero-order chi connectivity index (χ0) is 14.7. The molecule has 1 aliphatic rings. The Morgan fingerprint density at radius 1 is 1.45 bits per heavy atom. The standard InChI is InChI=1S/C14H14ClNO4/c1-4-19-12-7-9(6-11(15)13(12)18-3)5-10-8(2)16-20-14(10)17/h5-7H,4H2,1-3H3/b10-5+. The first-order valence-electron chi connectivity index (χ1n) is 6.05. The number of halogens is 1. The van der Waals surface area contributed by atoms with Gasteiger partial charge in [-0.15, -0.1) is 0 Å². The maximum Gasteiger partial charge on any atom is 0.367 e. The van der Waals surface area contributed by atoms with Gasteiger partial charge in [-0.1, -0.05) is 16.8 Å². The van der Waals surface area contributed by atoms with Crippen LogP contribution in [-0.2, 0) is 9.63 Å². The van der Waals surface area contributed by atoms with Crippen molar-refractivity contribution in [1.29, 1.82) is 0 Å². The monoisotopic (exact) mass is 295 g/mol. The SMILES string of the molecule is CCOc1cc(/C=C2/C(=O)ON=C2C)cc(Cl)c1OC. The van der Waals surface area contributed by atoms with Gasteiger partial charge in [0.15, 0.2) is 11.5 Å². The molecule has 0 radical (unpaired) electrons. The van der Waals surface area contributed by atoms with E-state index in [0.29, 0.717) is 40.0 Å². The van der Waals surface area contributed by atoms with Gasteiger partial charge in [-0.2, -0.15) is 0 Å². The first kappa shape index (κ1) is 14.4. The minimum absolute atomic E-state index is 0.397. The van der Waals surface area contributed by atoms with Crippen LogP contribution in [0.5, 0.6) is 11.5 Å². The minimum Gasteiger partial charge on any atom is -0.491 e. The van der Waals surface area contributed by atoms with Gasteiger partial charge >= 0.3 is 5.97 Å². The number of oxime groups is 1. The van der Waals surface area contributed by atoms with E-state index in [0.717, 1.165) is 0 Å². The Balaban J connectivity index is 2.45. The molecule has 0 N–H and O–H groups in total. The third-order valence-electron chi connectivity index (χ3n) is 2.72. The van der Waals surface area contributed by atoms with E-state index in [1.165, 1.54) is 7.11 Å². The average Bonchev–Trinajstić information content (AvgIpc) is 2.71. The summed E-state index contributed by atoms with van der Waals surface area (Å²) in [6, 6.07) is 3.44. The van der Waals surface area contributed by atoms with Crippen LogP contribution in [0.25, 0.3) is 6.08 Å². The summed E-state index contributed by atoms with van der Waals surface area (Å²) in [5.41, 5.74) is 1.64. The first-order valence-corrected chi connectivity index (χ1v) is 6.43. The Bertz CT molecular complexity index is 607. The summed E-state index contributed by atoms with van der Waals surface area (Å²) in [4.78, 5) is 16.1. The molecule has 0 aliphatic carbocycles. The van der Waals surface area contributed by atoms with Gasteiger partial charge in [0.25, 0.3) is 0 Å². The molecule has 2 rings (SSSR count). The number of nitrogens with zero attached hydrogens (tertiary/aromatic N) is 1. The largest absolute Gasteiger partial charge is 0.491 e. The molecule has 0 atom stereocenters. The molecule has 0 bridgehead atoms. The summed E-state index contributed by atoms with van der Waals surface area (Å²) in [6.07, 6.45) is 1.65. The number of ether oxygens (including phenoxy) is 2. The second-order valence-electron chi connectivity index (χ2n) is 4.08. The first-order chi connectivity index (χ1) is 9.56. The van der Waals surface area contributed by atoms with Gasteiger partial charge in [0.1, 0.15) is 0 Å². The van der Waals surface area contributed by atoms with Crippen molar-refractivity contribution in [2.45, 2.75) is 13.8 Å². The van der Waals surface area contributed by atoms with Gasteiger partial charge in [-0.05, 0) is 37.6 Å². The zero-order valence-electron chi connectivity index (χ0n) is 11.4. The van der Waals surface area contributed by atoms with E-state index < -0.39 is 5.97 Å². The van der Waals surface area contributed by atoms with Gasteiger partial charge in [0.05, 0.1) is 30.0 Å². The second kappa shape index (κ2) is 5.96. The predicted octanol–water partition coefficient (Wildman–Crippen LogP) is 3.06. The number of carbonyl (C=O) groups is 1. The molecule has 6 heteroatoms. The highest BCUT2D eigenvalue weighted by molar-refractivity contribution is 6.32. The van der Waals surface area contributed by atoms with Crippen LogP contribution >= 0.6 is 11.6 Å². The van der Waals surface area contributed by atoms with E-state index in [2.05, 4.69) is 9.99 Å². The highest BCUT2D eigenvalue weighted by atomic mass is 35.5. The number of hydrogen-bond donors (Lipinski definition) is 0. The Labute approximate surface area is 121 Å². The molecule has 0 fully saturated rings. The molecule has 1 aromatic carbocycles. The van der Waals surface area contributed by atoms with Crippen molar-refractivity contribution in [2.24, 2.45) is 5.16 Å². The third kappa shape index (κ3) is 2.77. The lowest BCUT2D eigenvalue weighted by molar-refractivity contribution is -0.136. The van der Waals surface area contributed by atoms with Crippen molar-refractivity contribution < 1.29 is 19.1 Å². The number of hydrogen-bond acceptors (Lipinski definition) is 5. The van der Waals surface area contributed by atoms with Gasteiger partial charge in [-0.3, -0.25) is 0 Å². The summed E-state index contributed by atoms with van der Waals surface area (Å²) in [7, 11) is 1.52. The molecule has 0 aromatic heterocycles. The number of carbonyl (C=O) groups excluding carboxylic acids is 1. The molecule has 106 valence electrons. The van der Waals surface area contributed by atoms with Crippen LogP contribution in [0.1, 0.15) is 19.4 Å². The molecule has 1 aromatic rings. The van der Waals surface area contributed by atoms with E-state index in [4.69, 9.17) is 21.1 Å². The Hall–Kier alpha value is -2.01. The summed E-state index contributed by atoms with van der Waals surface area (Å²) < 4.78 is 10.7. The van der Waals surface area contributed by atoms with Crippen molar-refractivity contribution in [3.05, 3.63) is 28.3 Å². The third-order valence-corrected chi connectivity index (χ3v) is 3.00. The zero-order valence-corrected chi connectivity index (χ0v) is 12.2. The van der Waals surface area contributed by atoms with E-state index in [1.807, 2.05) is 6.92 Å². The minimum atomic E-state index is -0.479. The molecule has 20 heavy (non-hydrogen) atoms. The highest BCUT2D eigenvalue weighted by Crippen LogP contribution is 2.37. The Kier molecular flexibility index (Phi) is 4.29. The molecule has 0 unspecified atom stereocenters. The lowest BCUT2D eigenvalue weighted by atomic mass is 10.1. The average molecular weight is 296 g/mol. The molecule has 5 nitrogen and oxygen atoms in total. The fourth-order valence-corrected chi connectivity index (χ4v) is 2.11. The summed E-state index contributed by atoms with van der Waals surface area (Å²) >= 11 is 6.15. The number of rotatable bonds is 4. The lowest BCUT2D eigenvalue weighted by Gasteiger charge is -2.12. The van der Waals surface area contributed by atoms with Crippen LogP contribution < -0.4 is 9.47 Å². The topological polar surface area (TPSA) is 57.1 Å². The van der Waals surface area contributed by atoms with Crippen LogP contribution in [0, 0.1) is 0 Å². The van der Waals surface area contributed by atoms with Crippen LogP contribution in [0.3, 0.4) is 0 Å². The highest BCUT2D eigenvalue weighted by Gasteiger charge is 2.22. The van der Waals surface area contributed by atoms with E-state index in [9.17, 15) is 4.79 Å². The quantitative estimate of drug-likeness (QED) is 0.633. The van der Waals surface area contributed by atoms with Crippen molar-refractivity contribution in [2.75, 3.05) is 13.7 Å². The fraction of sp³-hybridized carbons (Fsp3) is 0.286. The molecule has 0 amide bonds. The van der Waals surface area contributed by atoms with Crippen molar-refractivity contribution in [1.82, 2.24) is 0 Å². The van der Waals surface area contributed by atoms with E-state index >= 15 is 0 Å². The van der Waals surface area contributed by atoms with Gasteiger partial charge in [0.2, 0.25) is 0 Å². The maximum atomic E-state index is 11.5. The second-order valence-corrected chi connectivity index (χ2v) is 4.49. The fourth-order valence-electron chi connectivity index (χ4n) is 1.82. The van der Waals surface area contributed by atoms with Crippen LogP contribution in [-0.4, -0.2) is 25.4 Å². The van der Waals surface area contributed by atoms with Gasteiger partial charge in [-0.25, -0.2) is 4.79 Å². The van der Waals surface area contributed by atoms with Gasteiger partial charge < -0.3 is 14.3 Å². The normalized spacial score (nSPS) is 16.1. The maximum absolute atomic E-state index is 11.5. The van der Waals surface area contributed by atoms with Crippen molar-refractivity contribution >= 4 is 29.4 Å². The Morgan fingerprint density at radius 3 is 2.75 bits per heavy atom. The number of benzene rings is 1. The lowest BCUT2D eigenvalue weighted by Crippen LogP contribution is -2.02. The molecule has 0 saturated carbocycles. The van der Waals surface area contributed by atoms with Crippen LogP contribution in [0.4, 0.5) is 0 Å². The molecule has 1 heterocycles. The van der Waals surface area contributed by atoms with Crippen LogP contribution in [0.2, 0.25) is 5.02 Å². The molecule has 1 aliphatic heterocycles.